The Morgan fingerprint density at radius 3 is 2.94 bits per heavy atom. The summed E-state index contributed by atoms with van der Waals surface area (Å²) in [5.74, 6) is -0.179. The molecule has 3 rings (SSSR count). The molecule has 0 spiro atoms. The summed E-state index contributed by atoms with van der Waals surface area (Å²) in [4.78, 5) is 3.93. The maximum absolute atomic E-state index is 13.9. The number of rotatable bonds is 1. The zero-order chi connectivity index (χ0) is 12.7. The highest BCUT2D eigenvalue weighted by atomic mass is 19.1. The van der Waals surface area contributed by atoms with Gasteiger partial charge in [-0.05, 0) is 36.2 Å². The van der Waals surface area contributed by atoms with Gasteiger partial charge >= 0.3 is 0 Å². The minimum Gasteiger partial charge on any atom is -0.383 e. The zero-order valence-corrected chi connectivity index (χ0v) is 9.74. The van der Waals surface area contributed by atoms with Crippen LogP contribution >= 0.6 is 0 Å². The Kier molecular flexibility index (Phi) is 2.26. The lowest BCUT2D eigenvalue weighted by Crippen LogP contribution is -1.97. The molecular formula is C13H11FN4. The minimum absolute atomic E-state index is 0.192. The first kappa shape index (κ1) is 10.7. The summed E-state index contributed by atoms with van der Waals surface area (Å²) in [6, 6.07) is 5.03. The Hall–Kier alpha value is -2.43. The predicted octanol–water partition coefficient (Wildman–Crippen LogP) is 2.65. The SMILES string of the molecule is Cc1cc(-c2c(F)ccnc2N)cc2cn[nH]c12. The Morgan fingerprint density at radius 2 is 2.17 bits per heavy atom. The Balaban J connectivity index is 2.31. The van der Waals surface area contributed by atoms with Gasteiger partial charge in [0.2, 0.25) is 0 Å². The number of fused-ring (bicyclic) bond motifs is 1. The van der Waals surface area contributed by atoms with Gasteiger partial charge in [-0.2, -0.15) is 5.10 Å². The van der Waals surface area contributed by atoms with Gasteiger partial charge in [0.05, 0.1) is 17.3 Å². The van der Waals surface area contributed by atoms with Gasteiger partial charge in [-0.25, -0.2) is 9.37 Å². The lowest BCUT2D eigenvalue weighted by molar-refractivity contribution is 0.630. The number of aryl methyl sites for hydroxylation is 1. The second kappa shape index (κ2) is 3.80. The van der Waals surface area contributed by atoms with Crippen LogP contribution in [0.25, 0.3) is 22.0 Å². The molecule has 3 N–H and O–H groups in total. The Morgan fingerprint density at radius 1 is 1.33 bits per heavy atom. The first-order valence-electron chi connectivity index (χ1n) is 5.51. The zero-order valence-electron chi connectivity index (χ0n) is 9.74. The fraction of sp³-hybridized carbons (Fsp3) is 0.0769. The van der Waals surface area contributed by atoms with E-state index in [-0.39, 0.29) is 11.6 Å². The van der Waals surface area contributed by atoms with Crippen LogP contribution < -0.4 is 5.73 Å². The molecule has 0 atom stereocenters. The van der Waals surface area contributed by atoms with Crippen LogP contribution in [0.2, 0.25) is 0 Å². The van der Waals surface area contributed by atoms with Crippen molar-refractivity contribution in [2.45, 2.75) is 6.92 Å². The van der Waals surface area contributed by atoms with Crippen LogP contribution in [0, 0.1) is 12.7 Å². The molecule has 0 amide bonds. The predicted molar refractivity (Wildman–Crippen MR) is 68.4 cm³/mol. The van der Waals surface area contributed by atoms with Crippen LogP contribution in [-0.2, 0) is 0 Å². The van der Waals surface area contributed by atoms with Gasteiger partial charge in [-0.3, -0.25) is 5.10 Å². The summed E-state index contributed by atoms with van der Waals surface area (Å²) >= 11 is 0. The smallest absolute Gasteiger partial charge is 0.136 e. The summed E-state index contributed by atoms with van der Waals surface area (Å²) in [6.07, 6.45) is 3.06. The number of pyridine rings is 1. The minimum atomic E-state index is -0.371. The highest BCUT2D eigenvalue weighted by Gasteiger charge is 2.12. The van der Waals surface area contributed by atoms with Crippen LogP contribution in [0.3, 0.4) is 0 Å². The summed E-state index contributed by atoms with van der Waals surface area (Å²) in [6.45, 7) is 1.94. The average molecular weight is 242 g/mol. The number of hydrogen-bond acceptors (Lipinski definition) is 3. The Bertz CT molecular complexity index is 713. The maximum Gasteiger partial charge on any atom is 0.136 e. The van der Waals surface area contributed by atoms with Crippen LogP contribution in [0.15, 0.2) is 30.6 Å². The number of halogens is 1. The lowest BCUT2D eigenvalue weighted by atomic mass is 10.0. The third-order valence-electron chi connectivity index (χ3n) is 2.96. The highest BCUT2D eigenvalue weighted by Crippen LogP contribution is 2.31. The standard InChI is InChI=1S/C13H11FN4/c1-7-4-8(5-9-6-17-18-12(7)9)11-10(14)2-3-16-13(11)15/h2-6H,1H3,(H2,15,16)(H,17,18). The molecule has 1 aromatic carbocycles. The number of nitrogen functional groups attached to an aromatic ring is 1. The van der Waals surface area contributed by atoms with Crippen molar-refractivity contribution in [3.05, 3.63) is 42.0 Å². The molecule has 0 fully saturated rings. The maximum atomic E-state index is 13.9. The fourth-order valence-corrected chi connectivity index (χ4v) is 2.12. The van der Waals surface area contributed by atoms with E-state index in [0.29, 0.717) is 11.1 Å². The topological polar surface area (TPSA) is 67.6 Å². The quantitative estimate of drug-likeness (QED) is 0.689. The molecule has 0 bridgehead atoms. The number of hydrogen-bond donors (Lipinski definition) is 2. The summed E-state index contributed by atoms with van der Waals surface area (Å²) < 4.78 is 13.9. The largest absolute Gasteiger partial charge is 0.383 e. The third kappa shape index (κ3) is 1.52. The van der Waals surface area contributed by atoms with E-state index < -0.39 is 0 Å². The number of benzene rings is 1. The van der Waals surface area contributed by atoms with Gasteiger partial charge in [-0.15, -0.1) is 0 Å². The number of anilines is 1. The molecule has 0 saturated carbocycles. The van der Waals surface area contributed by atoms with Gasteiger partial charge in [0.15, 0.2) is 0 Å². The van der Waals surface area contributed by atoms with Crippen molar-refractivity contribution in [3.63, 3.8) is 0 Å². The third-order valence-corrected chi connectivity index (χ3v) is 2.96. The van der Waals surface area contributed by atoms with Crippen molar-refractivity contribution in [2.75, 3.05) is 5.73 Å². The van der Waals surface area contributed by atoms with E-state index >= 15 is 0 Å². The van der Waals surface area contributed by atoms with Crippen LogP contribution in [0.1, 0.15) is 5.56 Å². The number of aromatic nitrogens is 3. The van der Waals surface area contributed by atoms with E-state index in [9.17, 15) is 4.39 Å². The number of nitrogens with zero attached hydrogens (tertiary/aromatic N) is 2. The van der Waals surface area contributed by atoms with Crippen LogP contribution in [0.4, 0.5) is 10.2 Å². The summed E-state index contributed by atoms with van der Waals surface area (Å²) in [7, 11) is 0. The van der Waals surface area contributed by atoms with Gasteiger partial charge in [0, 0.05) is 11.6 Å². The van der Waals surface area contributed by atoms with E-state index in [0.717, 1.165) is 16.5 Å². The van der Waals surface area contributed by atoms with Gasteiger partial charge in [0.1, 0.15) is 11.6 Å². The van der Waals surface area contributed by atoms with Gasteiger partial charge in [-0.1, -0.05) is 0 Å². The molecule has 0 unspecified atom stereocenters. The molecule has 0 saturated heterocycles. The molecule has 0 aliphatic carbocycles. The van der Waals surface area contributed by atoms with E-state index in [4.69, 9.17) is 5.73 Å². The van der Waals surface area contributed by atoms with E-state index in [2.05, 4.69) is 15.2 Å². The van der Waals surface area contributed by atoms with Crippen LogP contribution in [0.5, 0.6) is 0 Å². The molecule has 3 aromatic rings. The molecule has 90 valence electrons. The van der Waals surface area contributed by atoms with Crippen molar-refractivity contribution in [2.24, 2.45) is 0 Å². The number of aromatic amines is 1. The number of nitrogens with two attached hydrogens (primary N) is 1. The second-order valence-corrected chi connectivity index (χ2v) is 4.18. The lowest BCUT2D eigenvalue weighted by Gasteiger charge is -2.07. The summed E-state index contributed by atoms with van der Waals surface area (Å²) in [5.41, 5.74) is 8.73. The summed E-state index contributed by atoms with van der Waals surface area (Å²) in [5, 5.41) is 7.81. The molecular weight excluding hydrogens is 231 g/mol. The molecule has 4 nitrogen and oxygen atoms in total. The fourth-order valence-electron chi connectivity index (χ4n) is 2.12. The molecule has 2 aromatic heterocycles. The highest BCUT2D eigenvalue weighted by molar-refractivity contribution is 5.88. The molecule has 18 heavy (non-hydrogen) atoms. The van der Waals surface area contributed by atoms with E-state index in [1.807, 2.05) is 19.1 Å². The first-order chi connectivity index (χ1) is 8.66. The van der Waals surface area contributed by atoms with Crippen LogP contribution in [-0.4, -0.2) is 15.2 Å². The number of H-pyrrole nitrogens is 1. The van der Waals surface area contributed by atoms with E-state index in [1.165, 1.54) is 12.3 Å². The monoisotopic (exact) mass is 242 g/mol. The molecule has 0 radical (unpaired) electrons. The normalized spacial score (nSPS) is 11.0. The van der Waals surface area contributed by atoms with Crippen molar-refractivity contribution >= 4 is 16.7 Å². The number of nitrogens with one attached hydrogen (secondary N) is 1. The second-order valence-electron chi connectivity index (χ2n) is 4.18. The average Bonchev–Trinajstić information content (AvgIpc) is 2.77. The first-order valence-corrected chi connectivity index (χ1v) is 5.51. The Labute approximate surface area is 103 Å². The van der Waals surface area contributed by atoms with E-state index in [1.54, 1.807) is 6.20 Å². The van der Waals surface area contributed by atoms with Gasteiger partial charge in [0.25, 0.3) is 0 Å². The van der Waals surface area contributed by atoms with Crippen molar-refractivity contribution < 1.29 is 4.39 Å². The molecule has 0 aliphatic rings. The van der Waals surface area contributed by atoms with Gasteiger partial charge < -0.3 is 5.73 Å². The molecule has 0 aliphatic heterocycles. The van der Waals surface area contributed by atoms with Crippen molar-refractivity contribution in [1.82, 2.24) is 15.2 Å². The molecule has 2 heterocycles. The molecule has 5 heteroatoms. The van der Waals surface area contributed by atoms with Crippen molar-refractivity contribution in [3.8, 4) is 11.1 Å². The van der Waals surface area contributed by atoms with Crippen molar-refractivity contribution in [1.29, 1.82) is 0 Å².